The zero-order chi connectivity index (χ0) is 13.1. The molecule has 0 aliphatic carbocycles. The maximum atomic E-state index is 13.9. The predicted octanol–water partition coefficient (Wildman–Crippen LogP) is 2.40. The van der Waals surface area contributed by atoms with Crippen molar-refractivity contribution in [1.82, 2.24) is 5.32 Å². The van der Waals surface area contributed by atoms with Crippen molar-refractivity contribution in [2.75, 3.05) is 26.9 Å². The fourth-order valence-corrected chi connectivity index (χ4v) is 2.33. The molecule has 2 rings (SSSR count). The maximum absolute atomic E-state index is 13.9. The van der Waals surface area contributed by atoms with E-state index in [2.05, 4.69) is 21.2 Å². The Hall–Kier alpha value is -0.560. The Morgan fingerprint density at radius 1 is 1.33 bits per heavy atom. The van der Waals surface area contributed by atoms with Crippen molar-refractivity contribution in [3.05, 3.63) is 33.8 Å². The Morgan fingerprint density at radius 3 is 2.72 bits per heavy atom. The van der Waals surface area contributed by atoms with Crippen molar-refractivity contribution in [3.8, 4) is 0 Å². The van der Waals surface area contributed by atoms with Crippen LogP contribution >= 0.6 is 15.9 Å². The summed E-state index contributed by atoms with van der Waals surface area (Å²) in [6, 6.07) is 1.87. The molecule has 2 atom stereocenters. The lowest BCUT2D eigenvalue weighted by atomic mass is 10.0. The summed E-state index contributed by atoms with van der Waals surface area (Å²) in [6.07, 6.45) is -0.321. The number of hydrogen-bond donors (Lipinski definition) is 1. The van der Waals surface area contributed by atoms with Crippen LogP contribution in [0.1, 0.15) is 11.6 Å². The monoisotopic (exact) mass is 321 g/mol. The van der Waals surface area contributed by atoms with Crippen LogP contribution in [0.2, 0.25) is 0 Å². The van der Waals surface area contributed by atoms with E-state index in [1.165, 1.54) is 6.07 Å². The number of hydrogen-bond acceptors (Lipinski definition) is 3. The summed E-state index contributed by atoms with van der Waals surface area (Å²) in [5, 5.41) is 2.95. The second kappa shape index (κ2) is 6.06. The molecule has 18 heavy (non-hydrogen) atoms. The molecule has 0 aromatic heterocycles. The van der Waals surface area contributed by atoms with E-state index in [0.717, 1.165) is 6.07 Å². The van der Waals surface area contributed by atoms with Gasteiger partial charge in [0.25, 0.3) is 0 Å². The molecule has 1 heterocycles. The third kappa shape index (κ3) is 2.88. The molecule has 3 nitrogen and oxygen atoms in total. The van der Waals surface area contributed by atoms with Gasteiger partial charge in [-0.05, 0) is 35.1 Å². The van der Waals surface area contributed by atoms with Gasteiger partial charge in [0, 0.05) is 5.56 Å². The van der Waals surface area contributed by atoms with E-state index >= 15 is 0 Å². The molecule has 0 spiro atoms. The van der Waals surface area contributed by atoms with Crippen LogP contribution in [0.15, 0.2) is 16.6 Å². The van der Waals surface area contributed by atoms with Gasteiger partial charge in [0.2, 0.25) is 0 Å². The van der Waals surface area contributed by atoms with Crippen molar-refractivity contribution in [1.29, 1.82) is 0 Å². The van der Waals surface area contributed by atoms with Crippen LogP contribution in [0.4, 0.5) is 8.78 Å². The van der Waals surface area contributed by atoms with Crippen LogP contribution < -0.4 is 5.32 Å². The lowest BCUT2D eigenvalue weighted by Crippen LogP contribution is -2.39. The van der Waals surface area contributed by atoms with Gasteiger partial charge in [0.1, 0.15) is 17.7 Å². The minimum absolute atomic E-state index is 0.111. The van der Waals surface area contributed by atoms with E-state index in [9.17, 15) is 8.78 Å². The molecule has 0 radical (unpaired) electrons. The molecule has 1 aliphatic rings. The topological polar surface area (TPSA) is 30.5 Å². The summed E-state index contributed by atoms with van der Waals surface area (Å²) >= 11 is 2.96. The highest BCUT2D eigenvalue weighted by atomic mass is 79.9. The average Bonchev–Trinajstić information content (AvgIpc) is 2.38. The molecule has 100 valence electrons. The number of likely N-dealkylation sites (N-methyl/N-ethyl adjacent to an activating group) is 1. The predicted molar refractivity (Wildman–Crippen MR) is 66.4 cm³/mol. The van der Waals surface area contributed by atoms with Crippen LogP contribution in [0.25, 0.3) is 0 Å². The molecule has 1 aliphatic heterocycles. The molecular weight excluding hydrogens is 308 g/mol. The van der Waals surface area contributed by atoms with Crippen LogP contribution in [0, 0.1) is 11.6 Å². The summed E-state index contributed by atoms with van der Waals surface area (Å²) in [4.78, 5) is 0. The lowest BCUT2D eigenvalue weighted by Gasteiger charge is -2.30. The van der Waals surface area contributed by atoms with Gasteiger partial charge in [-0.25, -0.2) is 8.78 Å². The first-order valence-corrected chi connectivity index (χ1v) is 6.44. The van der Waals surface area contributed by atoms with Gasteiger partial charge >= 0.3 is 0 Å². The third-order valence-corrected chi connectivity index (χ3v) is 3.51. The van der Waals surface area contributed by atoms with Gasteiger partial charge in [-0.3, -0.25) is 0 Å². The van der Waals surface area contributed by atoms with E-state index in [1.54, 1.807) is 7.05 Å². The molecule has 1 saturated heterocycles. The molecule has 1 N–H and O–H groups in total. The highest BCUT2D eigenvalue weighted by Gasteiger charge is 2.28. The van der Waals surface area contributed by atoms with E-state index in [0.29, 0.717) is 19.8 Å². The summed E-state index contributed by atoms with van der Waals surface area (Å²) in [6.45, 7) is 1.36. The number of rotatable bonds is 3. The van der Waals surface area contributed by atoms with Crippen molar-refractivity contribution in [3.63, 3.8) is 0 Å². The second-order valence-electron chi connectivity index (χ2n) is 4.04. The summed E-state index contributed by atoms with van der Waals surface area (Å²) < 4.78 is 38.3. The van der Waals surface area contributed by atoms with E-state index in [1.807, 2.05) is 0 Å². The van der Waals surface area contributed by atoms with Crippen LogP contribution in [-0.2, 0) is 9.47 Å². The lowest BCUT2D eigenvalue weighted by molar-refractivity contribution is -0.102. The SMILES string of the molecule is CNC(c1cc(F)c(Br)cc1F)C1COCCO1. The smallest absolute Gasteiger partial charge is 0.137 e. The van der Waals surface area contributed by atoms with E-state index in [-0.39, 0.29) is 16.1 Å². The van der Waals surface area contributed by atoms with Crippen molar-refractivity contribution >= 4 is 15.9 Å². The fourth-order valence-electron chi connectivity index (χ4n) is 2.02. The van der Waals surface area contributed by atoms with Crippen LogP contribution in [0.5, 0.6) is 0 Å². The Morgan fingerprint density at radius 2 is 2.11 bits per heavy atom. The Balaban J connectivity index is 2.28. The summed E-state index contributed by atoms with van der Waals surface area (Å²) in [5.74, 6) is -0.972. The minimum Gasteiger partial charge on any atom is -0.376 e. The molecule has 0 amide bonds. The van der Waals surface area contributed by atoms with Crippen molar-refractivity contribution in [2.24, 2.45) is 0 Å². The highest BCUT2D eigenvalue weighted by molar-refractivity contribution is 9.10. The van der Waals surface area contributed by atoms with Crippen molar-refractivity contribution < 1.29 is 18.3 Å². The van der Waals surface area contributed by atoms with Gasteiger partial charge < -0.3 is 14.8 Å². The standard InChI is InChI=1S/C12H14BrF2NO2/c1-16-12(11-6-17-2-3-18-11)7-4-10(15)8(13)5-9(7)14/h4-5,11-12,16H,2-3,6H2,1H3. The van der Waals surface area contributed by atoms with Gasteiger partial charge in [0.15, 0.2) is 0 Å². The molecule has 0 saturated carbocycles. The average molecular weight is 322 g/mol. The first-order valence-electron chi connectivity index (χ1n) is 5.64. The zero-order valence-electron chi connectivity index (χ0n) is 9.88. The molecular formula is C12H14BrF2NO2. The van der Waals surface area contributed by atoms with Crippen LogP contribution in [0.3, 0.4) is 0 Å². The minimum atomic E-state index is -0.497. The van der Waals surface area contributed by atoms with E-state index in [4.69, 9.17) is 9.47 Å². The van der Waals surface area contributed by atoms with Crippen molar-refractivity contribution in [2.45, 2.75) is 12.1 Å². The van der Waals surface area contributed by atoms with Gasteiger partial charge in [-0.15, -0.1) is 0 Å². The largest absolute Gasteiger partial charge is 0.376 e. The molecule has 1 fully saturated rings. The molecule has 1 aromatic rings. The Bertz CT molecular complexity index is 425. The number of benzene rings is 1. The molecule has 0 bridgehead atoms. The molecule has 2 unspecified atom stereocenters. The zero-order valence-corrected chi connectivity index (χ0v) is 11.5. The van der Waals surface area contributed by atoms with E-state index < -0.39 is 17.7 Å². The van der Waals surface area contributed by atoms with Gasteiger partial charge in [-0.1, -0.05) is 0 Å². The normalized spacial score (nSPS) is 21.9. The first-order chi connectivity index (χ1) is 8.63. The second-order valence-corrected chi connectivity index (χ2v) is 4.89. The maximum Gasteiger partial charge on any atom is 0.137 e. The van der Waals surface area contributed by atoms with Crippen LogP contribution in [-0.4, -0.2) is 33.0 Å². The Kier molecular flexibility index (Phi) is 4.66. The quantitative estimate of drug-likeness (QED) is 0.867. The number of nitrogens with one attached hydrogen (secondary N) is 1. The highest BCUT2D eigenvalue weighted by Crippen LogP contribution is 2.28. The molecule has 6 heteroatoms. The third-order valence-electron chi connectivity index (χ3n) is 2.90. The number of ether oxygens (including phenoxy) is 2. The fraction of sp³-hybridized carbons (Fsp3) is 0.500. The first kappa shape index (κ1) is 13.9. The molecule has 1 aromatic carbocycles. The van der Waals surface area contributed by atoms with Gasteiger partial charge in [-0.2, -0.15) is 0 Å². The summed E-state index contributed by atoms with van der Waals surface area (Å²) in [7, 11) is 1.68. The number of halogens is 3. The van der Waals surface area contributed by atoms with Gasteiger partial charge in [0.05, 0.1) is 30.3 Å². The Labute approximate surface area is 113 Å². The summed E-state index contributed by atoms with van der Waals surface area (Å²) in [5.41, 5.74) is 0.244.